The minimum Gasteiger partial charge on any atom is -0.330 e. The number of fused-ring (bicyclic) bond motifs is 1. The van der Waals surface area contributed by atoms with Crippen molar-refractivity contribution in [1.29, 1.82) is 0 Å². The minimum atomic E-state index is -0.454. The average Bonchev–Trinajstić information content (AvgIpc) is 2.89. The molecule has 0 aliphatic rings. The van der Waals surface area contributed by atoms with Gasteiger partial charge in [-0.05, 0) is 39.1 Å². The standard InChI is InChI=1S/C14H13ClFN3S2/c1-6-13(21-8(3)17-6)7(2)19-12-4-9(15)10(16)5-11(12)18-14(19)20/h4-5,7H,1-3H3,(H,18,20). The summed E-state index contributed by atoms with van der Waals surface area (Å²) in [5.41, 5.74) is 2.44. The summed E-state index contributed by atoms with van der Waals surface area (Å²) in [6.45, 7) is 6.02. The molecule has 1 N–H and O–H groups in total. The van der Waals surface area contributed by atoms with Gasteiger partial charge in [-0.2, -0.15) is 0 Å². The van der Waals surface area contributed by atoms with E-state index in [1.54, 1.807) is 17.4 Å². The third-order valence-electron chi connectivity index (χ3n) is 3.46. The van der Waals surface area contributed by atoms with E-state index in [0.29, 0.717) is 10.3 Å². The van der Waals surface area contributed by atoms with Crippen molar-refractivity contribution in [3.63, 3.8) is 0 Å². The van der Waals surface area contributed by atoms with Gasteiger partial charge >= 0.3 is 0 Å². The molecule has 1 unspecified atom stereocenters. The van der Waals surface area contributed by atoms with Crippen LogP contribution >= 0.6 is 35.2 Å². The lowest BCUT2D eigenvalue weighted by molar-refractivity contribution is 0.628. The zero-order chi connectivity index (χ0) is 15.3. The number of benzene rings is 1. The second-order valence-corrected chi connectivity index (χ2v) is 6.97. The van der Waals surface area contributed by atoms with Crippen LogP contribution in [-0.2, 0) is 0 Å². The molecule has 0 fully saturated rings. The SMILES string of the molecule is Cc1nc(C)c(C(C)n2c(=S)[nH]c3cc(F)c(Cl)cc32)s1. The van der Waals surface area contributed by atoms with Crippen molar-refractivity contribution in [3.05, 3.63) is 43.3 Å². The first-order chi connectivity index (χ1) is 9.88. The second-order valence-electron chi connectivity index (χ2n) is 4.94. The fourth-order valence-corrected chi connectivity index (χ4v) is 4.05. The number of aryl methyl sites for hydroxylation is 2. The molecule has 0 saturated carbocycles. The molecule has 110 valence electrons. The third-order valence-corrected chi connectivity index (χ3v) is 5.30. The number of aromatic nitrogens is 3. The third kappa shape index (κ3) is 2.41. The van der Waals surface area contributed by atoms with Crippen LogP contribution in [0.5, 0.6) is 0 Å². The fourth-order valence-electron chi connectivity index (χ4n) is 2.56. The molecule has 0 spiro atoms. The maximum Gasteiger partial charge on any atom is 0.178 e. The van der Waals surface area contributed by atoms with Crippen molar-refractivity contribution < 1.29 is 4.39 Å². The molecule has 21 heavy (non-hydrogen) atoms. The Bertz CT molecular complexity index is 894. The first-order valence-corrected chi connectivity index (χ1v) is 8.02. The summed E-state index contributed by atoms with van der Waals surface area (Å²) in [6, 6.07) is 3.00. The highest BCUT2D eigenvalue weighted by molar-refractivity contribution is 7.71. The zero-order valence-corrected chi connectivity index (χ0v) is 14.1. The number of hydrogen-bond acceptors (Lipinski definition) is 3. The van der Waals surface area contributed by atoms with E-state index >= 15 is 0 Å². The molecular weight excluding hydrogens is 329 g/mol. The lowest BCUT2D eigenvalue weighted by Crippen LogP contribution is -2.06. The first-order valence-electron chi connectivity index (χ1n) is 6.41. The van der Waals surface area contributed by atoms with Crippen LogP contribution in [0.25, 0.3) is 11.0 Å². The summed E-state index contributed by atoms with van der Waals surface area (Å²) < 4.78 is 16.1. The van der Waals surface area contributed by atoms with Crippen LogP contribution in [0.15, 0.2) is 12.1 Å². The number of H-pyrrole nitrogens is 1. The van der Waals surface area contributed by atoms with E-state index in [2.05, 4.69) is 16.9 Å². The van der Waals surface area contributed by atoms with E-state index < -0.39 is 5.82 Å². The van der Waals surface area contributed by atoms with E-state index in [9.17, 15) is 4.39 Å². The maximum atomic E-state index is 13.6. The van der Waals surface area contributed by atoms with Gasteiger partial charge in [0.1, 0.15) is 5.82 Å². The van der Waals surface area contributed by atoms with E-state index in [1.807, 2.05) is 18.4 Å². The van der Waals surface area contributed by atoms with Crippen LogP contribution in [0.4, 0.5) is 4.39 Å². The molecule has 1 atom stereocenters. The first kappa shape index (κ1) is 14.7. The number of hydrogen-bond donors (Lipinski definition) is 1. The monoisotopic (exact) mass is 341 g/mol. The quantitative estimate of drug-likeness (QED) is 0.652. The van der Waals surface area contributed by atoms with Gasteiger partial charge in [-0.3, -0.25) is 0 Å². The van der Waals surface area contributed by atoms with Crippen molar-refractivity contribution in [3.8, 4) is 0 Å². The number of thiazole rings is 1. The number of aromatic amines is 1. The van der Waals surface area contributed by atoms with Crippen LogP contribution in [0, 0.1) is 24.4 Å². The highest BCUT2D eigenvalue weighted by Gasteiger charge is 2.19. The Morgan fingerprint density at radius 1 is 1.43 bits per heavy atom. The second kappa shape index (κ2) is 5.19. The van der Waals surface area contributed by atoms with Gasteiger partial charge in [0.25, 0.3) is 0 Å². The van der Waals surface area contributed by atoms with Gasteiger partial charge in [-0.15, -0.1) is 11.3 Å². The summed E-state index contributed by atoms with van der Waals surface area (Å²) in [4.78, 5) is 8.64. The predicted molar refractivity (Wildman–Crippen MR) is 87.5 cm³/mol. The van der Waals surface area contributed by atoms with Crippen molar-refractivity contribution >= 4 is 46.2 Å². The number of imidazole rings is 1. The van der Waals surface area contributed by atoms with Crippen LogP contribution < -0.4 is 0 Å². The van der Waals surface area contributed by atoms with E-state index in [1.165, 1.54) is 6.07 Å². The van der Waals surface area contributed by atoms with Gasteiger partial charge < -0.3 is 9.55 Å². The lowest BCUT2D eigenvalue weighted by Gasteiger charge is -2.14. The molecular formula is C14H13ClFN3S2. The Morgan fingerprint density at radius 3 is 2.76 bits per heavy atom. The molecule has 1 aromatic carbocycles. The molecule has 3 aromatic rings. The Balaban J connectivity index is 2.24. The average molecular weight is 342 g/mol. The molecule has 3 nitrogen and oxygen atoms in total. The molecule has 0 aliphatic heterocycles. The molecule has 7 heteroatoms. The van der Waals surface area contributed by atoms with Gasteiger partial charge in [0.05, 0.1) is 37.7 Å². The maximum absolute atomic E-state index is 13.6. The van der Waals surface area contributed by atoms with E-state index in [-0.39, 0.29) is 11.1 Å². The van der Waals surface area contributed by atoms with Gasteiger partial charge in [-0.25, -0.2) is 9.37 Å². The lowest BCUT2D eigenvalue weighted by atomic mass is 10.2. The van der Waals surface area contributed by atoms with Crippen LogP contribution in [0.2, 0.25) is 5.02 Å². The molecule has 2 heterocycles. The Morgan fingerprint density at radius 2 is 2.14 bits per heavy atom. The van der Waals surface area contributed by atoms with Crippen molar-refractivity contribution in [2.75, 3.05) is 0 Å². The number of nitrogens with zero attached hydrogens (tertiary/aromatic N) is 2. The summed E-state index contributed by atoms with van der Waals surface area (Å²) in [7, 11) is 0. The van der Waals surface area contributed by atoms with Gasteiger partial charge in [0.2, 0.25) is 0 Å². The fraction of sp³-hybridized carbons (Fsp3) is 0.286. The van der Waals surface area contributed by atoms with E-state index in [0.717, 1.165) is 21.1 Å². The summed E-state index contributed by atoms with van der Waals surface area (Å²) in [5.74, 6) is -0.454. The highest BCUT2D eigenvalue weighted by Crippen LogP contribution is 2.32. The minimum absolute atomic E-state index is 0.0129. The molecule has 0 bridgehead atoms. The highest BCUT2D eigenvalue weighted by atomic mass is 35.5. The summed E-state index contributed by atoms with van der Waals surface area (Å²) >= 11 is 12.9. The zero-order valence-electron chi connectivity index (χ0n) is 11.7. The number of rotatable bonds is 2. The number of nitrogens with one attached hydrogen (secondary N) is 1. The van der Waals surface area contributed by atoms with Crippen molar-refractivity contribution in [1.82, 2.24) is 14.5 Å². The van der Waals surface area contributed by atoms with Gasteiger partial charge in [0, 0.05) is 6.07 Å². The van der Waals surface area contributed by atoms with Gasteiger partial charge in [0.15, 0.2) is 4.77 Å². The molecule has 2 aromatic heterocycles. The topological polar surface area (TPSA) is 33.6 Å². The Kier molecular flexibility index (Phi) is 3.63. The normalized spacial score (nSPS) is 13.0. The smallest absolute Gasteiger partial charge is 0.178 e. The molecule has 0 aliphatic carbocycles. The Hall–Kier alpha value is -1.24. The largest absolute Gasteiger partial charge is 0.330 e. The van der Waals surface area contributed by atoms with E-state index in [4.69, 9.17) is 23.8 Å². The van der Waals surface area contributed by atoms with Crippen molar-refractivity contribution in [2.45, 2.75) is 26.8 Å². The van der Waals surface area contributed by atoms with Crippen molar-refractivity contribution in [2.24, 2.45) is 0 Å². The van der Waals surface area contributed by atoms with Crippen LogP contribution in [-0.4, -0.2) is 14.5 Å². The molecule has 0 saturated heterocycles. The molecule has 0 amide bonds. The molecule has 3 rings (SSSR count). The van der Waals surface area contributed by atoms with Crippen LogP contribution in [0.1, 0.15) is 28.5 Å². The molecule has 0 radical (unpaired) electrons. The van der Waals surface area contributed by atoms with Crippen LogP contribution in [0.3, 0.4) is 0 Å². The summed E-state index contributed by atoms with van der Waals surface area (Å²) in [6.07, 6.45) is 0. The number of halogens is 2. The predicted octanol–water partition coefficient (Wildman–Crippen LogP) is 5.17. The summed E-state index contributed by atoms with van der Waals surface area (Å²) in [5, 5.41) is 1.11. The van der Waals surface area contributed by atoms with Gasteiger partial charge in [-0.1, -0.05) is 11.6 Å². The Labute approximate surface area is 135 Å².